The fraction of sp³-hybridized carbons (Fsp3) is 0.308. The average molecular weight is 359 g/mol. The van der Waals surface area contributed by atoms with E-state index in [1.54, 1.807) is 23.5 Å². The van der Waals surface area contributed by atoms with Gasteiger partial charge in [-0.25, -0.2) is 9.37 Å². The molecule has 2 aromatic rings. The van der Waals surface area contributed by atoms with Gasteiger partial charge in [-0.1, -0.05) is 15.9 Å². The molecule has 2 nitrogen and oxygen atoms in total. The third kappa shape index (κ3) is 3.02. The zero-order chi connectivity index (χ0) is 13.2. The summed E-state index contributed by atoms with van der Waals surface area (Å²) in [4.78, 5) is 4.59. The van der Waals surface area contributed by atoms with Gasteiger partial charge in [0.05, 0.1) is 11.7 Å². The minimum Gasteiger partial charge on any atom is -0.306 e. The Kier molecular flexibility index (Phi) is 4.21. The van der Waals surface area contributed by atoms with Crippen molar-refractivity contribution in [3.8, 4) is 11.3 Å². The lowest BCUT2D eigenvalue weighted by molar-refractivity contribution is 0.591. The Morgan fingerprint density at radius 2 is 2.32 bits per heavy atom. The number of nitrogens with zero attached hydrogens (tertiary/aromatic N) is 1. The van der Waals surface area contributed by atoms with Crippen molar-refractivity contribution in [3.05, 3.63) is 38.9 Å². The van der Waals surface area contributed by atoms with Gasteiger partial charge in [0, 0.05) is 33.5 Å². The van der Waals surface area contributed by atoms with E-state index in [9.17, 15) is 4.39 Å². The van der Waals surface area contributed by atoms with Crippen LogP contribution in [0.3, 0.4) is 0 Å². The lowest BCUT2D eigenvalue weighted by Crippen LogP contribution is -2.30. The van der Waals surface area contributed by atoms with Crippen molar-refractivity contribution in [2.24, 2.45) is 0 Å². The van der Waals surface area contributed by atoms with Crippen molar-refractivity contribution in [1.29, 1.82) is 0 Å². The summed E-state index contributed by atoms with van der Waals surface area (Å²) in [5, 5.41) is 6.43. The number of nitrogens with one attached hydrogen (secondary N) is 1. The molecule has 6 heteroatoms. The van der Waals surface area contributed by atoms with Gasteiger partial charge >= 0.3 is 0 Å². The fourth-order valence-electron chi connectivity index (χ4n) is 1.99. The number of thioether (sulfide) groups is 1. The molecule has 1 unspecified atom stereocenters. The van der Waals surface area contributed by atoms with Gasteiger partial charge in [-0.2, -0.15) is 11.8 Å². The van der Waals surface area contributed by atoms with E-state index in [1.807, 2.05) is 17.1 Å². The molecule has 1 aliphatic rings. The van der Waals surface area contributed by atoms with Gasteiger partial charge < -0.3 is 5.32 Å². The van der Waals surface area contributed by atoms with Crippen LogP contribution in [0.4, 0.5) is 4.39 Å². The van der Waals surface area contributed by atoms with Crippen molar-refractivity contribution < 1.29 is 4.39 Å². The van der Waals surface area contributed by atoms with Crippen LogP contribution in [0.2, 0.25) is 0 Å². The average Bonchev–Trinajstić information content (AvgIpc) is 2.92. The van der Waals surface area contributed by atoms with Gasteiger partial charge in [0.25, 0.3) is 0 Å². The SMILES string of the molecule is Fc1ccc(Br)cc1-c1csc(C2CSCCN2)n1. The van der Waals surface area contributed by atoms with Crippen LogP contribution in [-0.4, -0.2) is 23.0 Å². The molecule has 1 aromatic carbocycles. The van der Waals surface area contributed by atoms with Crippen LogP contribution < -0.4 is 5.32 Å². The number of hydrogen-bond donors (Lipinski definition) is 1. The maximum Gasteiger partial charge on any atom is 0.132 e. The summed E-state index contributed by atoms with van der Waals surface area (Å²) < 4.78 is 14.7. The first kappa shape index (κ1) is 13.5. The van der Waals surface area contributed by atoms with Crippen LogP contribution in [0.15, 0.2) is 28.1 Å². The molecule has 1 N–H and O–H groups in total. The Hall–Kier alpha value is -0.430. The summed E-state index contributed by atoms with van der Waals surface area (Å²) in [7, 11) is 0. The van der Waals surface area contributed by atoms with Gasteiger partial charge in [-0.3, -0.25) is 0 Å². The third-order valence-corrected chi connectivity index (χ3v) is 5.46. The van der Waals surface area contributed by atoms with Crippen molar-refractivity contribution in [1.82, 2.24) is 10.3 Å². The molecule has 0 amide bonds. The molecule has 3 rings (SSSR count). The maximum absolute atomic E-state index is 13.8. The smallest absolute Gasteiger partial charge is 0.132 e. The molecule has 1 atom stereocenters. The first-order chi connectivity index (χ1) is 9.24. The molecule has 100 valence electrons. The summed E-state index contributed by atoms with van der Waals surface area (Å²) in [6.07, 6.45) is 0. The van der Waals surface area contributed by atoms with Crippen molar-refractivity contribution in [2.75, 3.05) is 18.1 Å². The second-order valence-electron chi connectivity index (χ2n) is 4.28. The minimum atomic E-state index is -0.231. The maximum atomic E-state index is 13.8. The Bertz CT molecular complexity index is 582. The lowest BCUT2D eigenvalue weighted by atomic mass is 10.1. The topological polar surface area (TPSA) is 24.9 Å². The zero-order valence-electron chi connectivity index (χ0n) is 10.0. The Labute approximate surface area is 128 Å². The molecule has 1 saturated heterocycles. The molecule has 0 saturated carbocycles. The standard InChI is InChI=1S/C13H12BrFN2S2/c14-8-1-2-10(15)9(5-8)11-7-19-13(17-11)12-6-18-4-3-16-12/h1-2,5,7,12,16H,3-4,6H2. The van der Waals surface area contributed by atoms with Crippen LogP contribution in [0.25, 0.3) is 11.3 Å². The van der Waals surface area contributed by atoms with Crippen LogP contribution in [0.1, 0.15) is 11.0 Å². The Balaban J connectivity index is 1.89. The monoisotopic (exact) mass is 358 g/mol. The van der Waals surface area contributed by atoms with E-state index >= 15 is 0 Å². The predicted octanol–water partition coefficient (Wildman–Crippen LogP) is 4.09. The molecule has 0 spiro atoms. The number of hydrogen-bond acceptors (Lipinski definition) is 4. The molecular weight excluding hydrogens is 347 g/mol. The van der Waals surface area contributed by atoms with Crippen LogP contribution in [0, 0.1) is 5.82 Å². The summed E-state index contributed by atoms with van der Waals surface area (Å²) in [5.74, 6) is 1.95. The van der Waals surface area contributed by atoms with E-state index in [1.165, 1.54) is 6.07 Å². The van der Waals surface area contributed by atoms with Gasteiger partial charge in [-0.15, -0.1) is 11.3 Å². The van der Waals surface area contributed by atoms with Gasteiger partial charge in [0.1, 0.15) is 10.8 Å². The molecule has 0 bridgehead atoms. The Morgan fingerprint density at radius 1 is 1.42 bits per heavy atom. The molecule has 19 heavy (non-hydrogen) atoms. The first-order valence-corrected chi connectivity index (χ1v) is 8.79. The molecule has 2 heterocycles. The molecule has 1 fully saturated rings. The zero-order valence-corrected chi connectivity index (χ0v) is 13.2. The largest absolute Gasteiger partial charge is 0.306 e. The number of halogens is 2. The highest BCUT2D eigenvalue weighted by atomic mass is 79.9. The van der Waals surface area contributed by atoms with E-state index in [2.05, 4.69) is 26.2 Å². The van der Waals surface area contributed by atoms with E-state index in [4.69, 9.17) is 0 Å². The highest BCUT2D eigenvalue weighted by Crippen LogP contribution is 2.31. The van der Waals surface area contributed by atoms with E-state index < -0.39 is 0 Å². The number of rotatable bonds is 2. The highest BCUT2D eigenvalue weighted by Gasteiger charge is 2.19. The summed E-state index contributed by atoms with van der Waals surface area (Å²) in [6, 6.07) is 5.24. The normalized spacial score (nSPS) is 19.6. The van der Waals surface area contributed by atoms with Crippen molar-refractivity contribution in [3.63, 3.8) is 0 Å². The lowest BCUT2D eigenvalue weighted by Gasteiger charge is -2.20. The van der Waals surface area contributed by atoms with E-state index in [0.29, 0.717) is 11.6 Å². The fourth-order valence-corrected chi connectivity index (χ4v) is 4.29. The summed E-state index contributed by atoms with van der Waals surface area (Å²) in [5.41, 5.74) is 1.27. The van der Waals surface area contributed by atoms with Crippen LogP contribution in [0.5, 0.6) is 0 Å². The number of aromatic nitrogens is 1. The van der Waals surface area contributed by atoms with Crippen molar-refractivity contribution >= 4 is 39.0 Å². The third-order valence-electron chi connectivity index (χ3n) is 2.95. The second-order valence-corrected chi connectivity index (χ2v) is 7.23. The number of thiazole rings is 1. The highest BCUT2D eigenvalue weighted by molar-refractivity contribution is 9.10. The second kappa shape index (κ2) is 5.91. The van der Waals surface area contributed by atoms with Gasteiger partial charge in [0.2, 0.25) is 0 Å². The van der Waals surface area contributed by atoms with E-state index in [-0.39, 0.29) is 5.82 Å². The van der Waals surface area contributed by atoms with Gasteiger partial charge in [-0.05, 0) is 18.2 Å². The predicted molar refractivity (Wildman–Crippen MR) is 83.3 cm³/mol. The summed E-state index contributed by atoms with van der Waals surface area (Å²) in [6.45, 7) is 1.01. The van der Waals surface area contributed by atoms with Crippen molar-refractivity contribution in [2.45, 2.75) is 6.04 Å². The van der Waals surface area contributed by atoms with Crippen LogP contribution >= 0.6 is 39.0 Å². The quantitative estimate of drug-likeness (QED) is 0.874. The molecule has 1 aliphatic heterocycles. The molecule has 0 radical (unpaired) electrons. The molecule has 0 aliphatic carbocycles. The minimum absolute atomic E-state index is 0.231. The number of benzene rings is 1. The Morgan fingerprint density at radius 3 is 3.11 bits per heavy atom. The van der Waals surface area contributed by atoms with Gasteiger partial charge in [0.15, 0.2) is 0 Å². The first-order valence-electron chi connectivity index (χ1n) is 5.96. The van der Waals surface area contributed by atoms with E-state index in [0.717, 1.165) is 33.2 Å². The molecular formula is C13H12BrFN2S2. The van der Waals surface area contributed by atoms with Crippen LogP contribution in [-0.2, 0) is 0 Å². The molecule has 1 aromatic heterocycles. The summed E-state index contributed by atoms with van der Waals surface area (Å²) >= 11 is 6.90.